The van der Waals surface area contributed by atoms with Crippen molar-refractivity contribution in [2.75, 3.05) is 12.3 Å². The summed E-state index contributed by atoms with van der Waals surface area (Å²) in [6.07, 6.45) is 3.58. The lowest BCUT2D eigenvalue weighted by atomic mass is 10.3. The van der Waals surface area contributed by atoms with E-state index in [4.69, 9.17) is 15.7 Å². The van der Waals surface area contributed by atoms with Gasteiger partial charge in [-0.2, -0.15) is 0 Å². The van der Waals surface area contributed by atoms with Crippen LogP contribution in [-0.2, 0) is 9.63 Å². The topological polar surface area (TPSA) is 111 Å². The molecular formula is C10H12N4O3. The molecule has 0 radical (unpaired) electrons. The van der Waals surface area contributed by atoms with E-state index in [0.29, 0.717) is 12.5 Å². The molecule has 0 aliphatic heterocycles. The zero-order valence-electron chi connectivity index (χ0n) is 9.04. The van der Waals surface area contributed by atoms with Crippen LogP contribution in [0.15, 0.2) is 17.4 Å². The van der Waals surface area contributed by atoms with Gasteiger partial charge in [0.2, 0.25) is 5.71 Å². The van der Waals surface area contributed by atoms with Crippen molar-refractivity contribution in [3.05, 3.63) is 18.1 Å². The smallest absolute Gasteiger partial charge is 0.361 e. The Bertz CT molecular complexity index is 457. The van der Waals surface area contributed by atoms with Crippen molar-refractivity contribution >= 4 is 17.5 Å². The fourth-order valence-electron chi connectivity index (χ4n) is 1.15. The first-order chi connectivity index (χ1) is 8.16. The lowest BCUT2D eigenvalue weighted by Crippen LogP contribution is -2.19. The van der Waals surface area contributed by atoms with Gasteiger partial charge in [0.15, 0.2) is 5.82 Å². The van der Waals surface area contributed by atoms with E-state index in [-0.39, 0.29) is 17.4 Å². The summed E-state index contributed by atoms with van der Waals surface area (Å²) in [5, 5.41) is 12.5. The van der Waals surface area contributed by atoms with Crippen LogP contribution in [-0.4, -0.2) is 33.4 Å². The van der Waals surface area contributed by atoms with Gasteiger partial charge in [-0.15, -0.1) is 0 Å². The van der Waals surface area contributed by atoms with Crippen molar-refractivity contribution in [3.63, 3.8) is 0 Å². The maximum absolute atomic E-state index is 11.0. The van der Waals surface area contributed by atoms with Gasteiger partial charge >= 0.3 is 5.97 Å². The third kappa shape index (κ3) is 3.13. The minimum atomic E-state index is -1.24. The molecule has 7 heteroatoms. The maximum Gasteiger partial charge on any atom is 0.361 e. The van der Waals surface area contributed by atoms with Crippen LogP contribution in [0.4, 0.5) is 5.82 Å². The number of carboxylic acids is 1. The number of hydrogen-bond acceptors (Lipinski definition) is 6. The van der Waals surface area contributed by atoms with E-state index >= 15 is 0 Å². The van der Waals surface area contributed by atoms with Gasteiger partial charge in [-0.05, 0) is 24.8 Å². The molecule has 17 heavy (non-hydrogen) atoms. The number of aliphatic carboxylic acids is 1. The van der Waals surface area contributed by atoms with E-state index in [1.165, 1.54) is 12.3 Å². The highest BCUT2D eigenvalue weighted by Gasteiger charge is 2.23. The van der Waals surface area contributed by atoms with E-state index in [1.807, 2.05) is 0 Å². The van der Waals surface area contributed by atoms with Crippen LogP contribution in [0.2, 0.25) is 0 Å². The first-order valence-corrected chi connectivity index (χ1v) is 5.19. The van der Waals surface area contributed by atoms with Crippen molar-refractivity contribution in [3.8, 4) is 0 Å². The van der Waals surface area contributed by atoms with Crippen LogP contribution < -0.4 is 5.73 Å². The molecule has 1 aliphatic rings. The van der Waals surface area contributed by atoms with Crippen LogP contribution in [0.1, 0.15) is 18.7 Å². The van der Waals surface area contributed by atoms with E-state index in [0.717, 1.165) is 12.8 Å². The molecule has 1 aromatic heterocycles. The minimum absolute atomic E-state index is 0.0479. The second-order valence-electron chi connectivity index (χ2n) is 3.79. The van der Waals surface area contributed by atoms with Crippen molar-refractivity contribution in [1.82, 2.24) is 9.97 Å². The van der Waals surface area contributed by atoms with Gasteiger partial charge in [0.25, 0.3) is 0 Å². The molecule has 0 aromatic carbocycles. The number of hydrogen-bond donors (Lipinski definition) is 2. The second kappa shape index (κ2) is 4.77. The summed E-state index contributed by atoms with van der Waals surface area (Å²) in [6.45, 7) is 0.430. The lowest BCUT2D eigenvalue weighted by molar-refractivity contribution is -0.129. The number of nitrogen functional groups attached to an aromatic ring is 1. The fraction of sp³-hybridized carbons (Fsp3) is 0.400. The highest BCUT2D eigenvalue weighted by molar-refractivity contribution is 6.41. The molecule has 2 rings (SSSR count). The number of nitrogens with two attached hydrogens (primary N) is 1. The van der Waals surface area contributed by atoms with Gasteiger partial charge in [-0.25, -0.2) is 14.8 Å². The molecule has 1 aliphatic carbocycles. The van der Waals surface area contributed by atoms with Crippen LogP contribution in [0, 0.1) is 5.92 Å². The lowest BCUT2D eigenvalue weighted by Gasteiger charge is -2.01. The van der Waals surface area contributed by atoms with Gasteiger partial charge in [-0.1, -0.05) is 5.16 Å². The molecular weight excluding hydrogens is 224 g/mol. The number of carboxylic acid groups (broad SMARTS) is 1. The molecule has 0 bridgehead atoms. The van der Waals surface area contributed by atoms with Gasteiger partial charge < -0.3 is 15.7 Å². The van der Waals surface area contributed by atoms with E-state index in [9.17, 15) is 4.79 Å². The van der Waals surface area contributed by atoms with Crippen LogP contribution in [0.3, 0.4) is 0 Å². The van der Waals surface area contributed by atoms with Crippen LogP contribution in [0.5, 0.6) is 0 Å². The Labute approximate surface area is 97.3 Å². The Hall–Kier alpha value is -2.18. The van der Waals surface area contributed by atoms with Gasteiger partial charge in [0, 0.05) is 6.20 Å². The molecule has 7 nitrogen and oxygen atoms in total. The molecule has 0 atom stereocenters. The van der Waals surface area contributed by atoms with E-state index in [2.05, 4.69) is 15.1 Å². The first-order valence-electron chi connectivity index (χ1n) is 5.19. The van der Waals surface area contributed by atoms with Crippen molar-refractivity contribution < 1.29 is 14.7 Å². The Morgan fingerprint density at radius 1 is 1.65 bits per heavy atom. The number of oxime groups is 1. The number of rotatable bonds is 5. The van der Waals surface area contributed by atoms with Crippen LogP contribution >= 0.6 is 0 Å². The minimum Gasteiger partial charge on any atom is -0.476 e. The highest BCUT2D eigenvalue weighted by atomic mass is 16.6. The largest absolute Gasteiger partial charge is 0.476 e. The molecule has 0 amide bonds. The predicted molar refractivity (Wildman–Crippen MR) is 59.3 cm³/mol. The fourth-order valence-corrected chi connectivity index (χ4v) is 1.15. The molecule has 90 valence electrons. The zero-order valence-corrected chi connectivity index (χ0v) is 9.04. The Morgan fingerprint density at radius 3 is 3.00 bits per heavy atom. The van der Waals surface area contributed by atoms with Crippen molar-refractivity contribution in [1.29, 1.82) is 0 Å². The molecule has 1 saturated carbocycles. The number of nitrogens with zero attached hydrogens (tertiary/aromatic N) is 3. The van der Waals surface area contributed by atoms with Gasteiger partial charge in [0.1, 0.15) is 12.4 Å². The Morgan fingerprint density at radius 2 is 2.41 bits per heavy atom. The SMILES string of the molecule is Nc1ccnc(/C(=N/OCC2CC2)C(=O)O)n1. The summed E-state index contributed by atoms with van der Waals surface area (Å²) in [5.74, 6) is -0.610. The van der Waals surface area contributed by atoms with Crippen LogP contribution in [0.25, 0.3) is 0 Å². The molecule has 1 aromatic rings. The predicted octanol–water partition coefficient (Wildman–Crippen LogP) is 0.274. The number of anilines is 1. The first kappa shape index (κ1) is 11.3. The van der Waals surface area contributed by atoms with Gasteiger partial charge in [0.05, 0.1) is 0 Å². The molecule has 1 heterocycles. The maximum atomic E-state index is 11.0. The summed E-state index contributed by atoms with van der Waals surface area (Å²) in [4.78, 5) is 23.5. The number of aromatic nitrogens is 2. The summed E-state index contributed by atoms with van der Waals surface area (Å²) in [6, 6.07) is 1.47. The standard InChI is InChI=1S/C10H12N4O3/c11-7-3-4-12-9(13-7)8(10(15)16)14-17-5-6-1-2-6/h3-4,6H,1-2,5H2,(H,15,16)(H2,11,12,13)/b14-8-. The van der Waals surface area contributed by atoms with Crippen molar-refractivity contribution in [2.45, 2.75) is 12.8 Å². The number of carbonyl (C=O) groups is 1. The summed E-state index contributed by atoms with van der Waals surface area (Å²) in [5.41, 5.74) is 5.11. The molecule has 0 unspecified atom stereocenters. The zero-order chi connectivity index (χ0) is 12.3. The van der Waals surface area contributed by atoms with E-state index in [1.54, 1.807) is 0 Å². The average molecular weight is 236 g/mol. The Balaban J connectivity index is 2.12. The normalized spacial score (nSPS) is 15.6. The molecule has 1 fully saturated rings. The molecule has 3 N–H and O–H groups in total. The van der Waals surface area contributed by atoms with Gasteiger partial charge in [-0.3, -0.25) is 0 Å². The third-order valence-electron chi connectivity index (χ3n) is 2.25. The Kier molecular flexibility index (Phi) is 3.17. The quantitative estimate of drug-likeness (QED) is 0.561. The summed E-state index contributed by atoms with van der Waals surface area (Å²) in [7, 11) is 0. The third-order valence-corrected chi connectivity index (χ3v) is 2.25. The van der Waals surface area contributed by atoms with E-state index < -0.39 is 5.97 Å². The highest BCUT2D eigenvalue weighted by Crippen LogP contribution is 2.28. The van der Waals surface area contributed by atoms with Crippen molar-refractivity contribution in [2.24, 2.45) is 11.1 Å². The summed E-state index contributed by atoms with van der Waals surface area (Å²) < 4.78 is 0. The average Bonchev–Trinajstić information content (AvgIpc) is 3.07. The second-order valence-corrected chi connectivity index (χ2v) is 3.79. The molecule has 0 saturated heterocycles. The molecule has 0 spiro atoms. The monoisotopic (exact) mass is 236 g/mol. The summed E-state index contributed by atoms with van der Waals surface area (Å²) >= 11 is 0.